The van der Waals surface area contributed by atoms with Crippen molar-refractivity contribution < 1.29 is 0 Å². The fourth-order valence-corrected chi connectivity index (χ4v) is 3.45. The molecule has 4 heterocycles. The first-order valence-electron chi connectivity index (χ1n) is 9.50. The van der Waals surface area contributed by atoms with Crippen LogP contribution in [0.1, 0.15) is 42.5 Å². The third kappa shape index (κ3) is 3.98. The molecule has 0 saturated carbocycles. The van der Waals surface area contributed by atoms with E-state index in [2.05, 4.69) is 36.7 Å². The second-order valence-electron chi connectivity index (χ2n) is 7.00. The van der Waals surface area contributed by atoms with Gasteiger partial charge < -0.3 is 9.97 Å². The summed E-state index contributed by atoms with van der Waals surface area (Å²) >= 11 is 0. The van der Waals surface area contributed by atoms with Crippen molar-refractivity contribution >= 4 is 0 Å². The van der Waals surface area contributed by atoms with Crippen molar-refractivity contribution in [2.24, 2.45) is 0 Å². The van der Waals surface area contributed by atoms with Crippen LogP contribution in [0.15, 0.2) is 35.5 Å². The zero-order valence-corrected chi connectivity index (χ0v) is 15.5. The molecule has 2 N–H and O–H groups in total. The Kier molecular flexibility index (Phi) is 5.11. The van der Waals surface area contributed by atoms with Crippen LogP contribution in [0.4, 0.5) is 0 Å². The van der Waals surface area contributed by atoms with Crippen LogP contribution in [0.5, 0.6) is 0 Å². The van der Waals surface area contributed by atoms with E-state index >= 15 is 0 Å². The van der Waals surface area contributed by atoms with Crippen LogP contribution in [-0.2, 0) is 25.9 Å². The Morgan fingerprint density at radius 2 is 2.19 bits per heavy atom. The highest BCUT2D eigenvalue weighted by Crippen LogP contribution is 2.19. The molecule has 3 aromatic rings. The molecule has 0 atom stereocenters. The lowest BCUT2D eigenvalue weighted by atomic mass is 10.1. The molecule has 4 rings (SSSR count). The standard InChI is InChI=1S/C20H24N6O/c1-2-3-6-18-22-11-15(23-18)12-26-9-7-17-16(13-26)20(27)25-19(24-17)14-5-4-8-21-10-14/h4-5,8,10-11H,2-3,6-7,9,12-13H2,1H3,(H,22,23)(H,24,25,27). The van der Waals surface area contributed by atoms with Crippen molar-refractivity contribution in [2.45, 2.75) is 45.7 Å². The van der Waals surface area contributed by atoms with Crippen LogP contribution in [0.25, 0.3) is 11.4 Å². The summed E-state index contributed by atoms with van der Waals surface area (Å²) in [6.07, 6.45) is 9.40. The van der Waals surface area contributed by atoms with Gasteiger partial charge in [-0.1, -0.05) is 13.3 Å². The minimum Gasteiger partial charge on any atom is -0.345 e. The van der Waals surface area contributed by atoms with E-state index in [0.29, 0.717) is 12.4 Å². The van der Waals surface area contributed by atoms with E-state index in [1.807, 2.05) is 18.3 Å². The lowest BCUT2D eigenvalue weighted by molar-refractivity contribution is 0.239. The number of unbranched alkanes of at least 4 members (excludes halogenated alkanes) is 1. The van der Waals surface area contributed by atoms with Gasteiger partial charge >= 0.3 is 0 Å². The zero-order valence-electron chi connectivity index (χ0n) is 15.5. The molecule has 7 nitrogen and oxygen atoms in total. The van der Waals surface area contributed by atoms with Gasteiger partial charge in [0, 0.05) is 62.3 Å². The number of fused-ring (bicyclic) bond motifs is 1. The van der Waals surface area contributed by atoms with Crippen molar-refractivity contribution in [3.8, 4) is 11.4 Å². The molecule has 3 aromatic heterocycles. The number of H-pyrrole nitrogens is 2. The van der Waals surface area contributed by atoms with Gasteiger partial charge in [-0.05, 0) is 18.6 Å². The number of rotatable bonds is 6. The SMILES string of the molecule is CCCCc1ncc(CN2CCc3nc(-c4cccnc4)[nH]c(=O)c3C2)[nH]1. The number of pyridine rings is 1. The smallest absolute Gasteiger partial charge is 0.255 e. The Balaban J connectivity index is 1.48. The molecule has 0 spiro atoms. The average molecular weight is 364 g/mol. The monoisotopic (exact) mass is 364 g/mol. The second-order valence-corrected chi connectivity index (χ2v) is 7.00. The molecule has 27 heavy (non-hydrogen) atoms. The number of hydrogen-bond donors (Lipinski definition) is 2. The summed E-state index contributed by atoms with van der Waals surface area (Å²) in [7, 11) is 0. The number of imidazole rings is 1. The first-order chi connectivity index (χ1) is 13.2. The van der Waals surface area contributed by atoms with E-state index in [1.54, 1.807) is 12.4 Å². The average Bonchev–Trinajstić information content (AvgIpc) is 3.14. The number of aromatic amines is 2. The van der Waals surface area contributed by atoms with Crippen LogP contribution >= 0.6 is 0 Å². The summed E-state index contributed by atoms with van der Waals surface area (Å²) in [5, 5.41) is 0. The summed E-state index contributed by atoms with van der Waals surface area (Å²) < 4.78 is 0. The van der Waals surface area contributed by atoms with E-state index in [1.165, 1.54) is 0 Å². The number of nitrogens with zero attached hydrogens (tertiary/aromatic N) is 4. The fraction of sp³-hybridized carbons (Fsp3) is 0.400. The van der Waals surface area contributed by atoms with Crippen molar-refractivity contribution in [3.63, 3.8) is 0 Å². The largest absolute Gasteiger partial charge is 0.345 e. The van der Waals surface area contributed by atoms with Gasteiger partial charge in [0.05, 0.1) is 11.3 Å². The fourth-order valence-electron chi connectivity index (χ4n) is 3.45. The predicted molar refractivity (Wildman–Crippen MR) is 103 cm³/mol. The topological polar surface area (TPSA) is 90.6 Å². The molecule has 0 amide bonds. The van der Waals surface area contributed by atoms with Crippen LogP contribution in [0, 0.1) is 0 Å². The lowest BCUT2D eigenvalue weighted by Crippen LogP contribution is -2.35. The van der Waals surface area contributed by atoms with E-state index in [0.717, 1.165) is 67.1 Å². The van der Waals surface area contributed by atoms with Crippen molar-refractivity contribution in [1.29, 1.82) is 0 Å². The number of aromatic nitrogens is 5. The highest BCUT2D eigenvalue weighted by Gasteiger charge is 2.22. The maximum absolute atomic E-state index is 12.6. The van der Waals surface area contributed by atoms with Crippen molar-refractivity contribution in [3.05, 3.63) is 63.9 Å². The highest BCUT2D eigenvalue weighted by molar-refractivity contribution is 5.53. The molecule has 0 radical (unpaired) electrons. The Labute approximate surface area is 157 Å². The number of nitrogens with one attached hydrogen (secondary N) is 2. The predicted octanol–water partition coefficient (Wildman–Crippen LogP) is 2.46. The van der Waals surface area contributed by atoms with Gasteiger partial charge in [-0.15, -0.1) is 0 Å². The van der Waals surface area contributed by atoms with E-state index in [-0.39, 0.29) is 5.56 Å². The van der Waals surface area contributed by atoms with Crippen LogP contribution in [0.3, 0.4) is 0 Å². The molecular formula is C20H24N6O. The third-order valence-corrected chi connectivity index (χ3v) is 4.92. The minimum absolute atomic E-state index is 0.0585. The maximum Gasteiger partial charge on any atom is 0.255 e. The molecule has 0 bridgehead atoms. The van der Waals surface area contributed by atoms with Gasteiger partial charge in [-0.3, -0.25) is 14.7 Å². The Bertz CT molecular complexity index is 962. The van der Waals surface area contributed by atoms with Gasteiger partial charge in [0.25, 0.3) is 5.56 Å². The molecule has 140 valence electrons. The van der Waals surface area contributed by atoms with Gasteiger partial charge in [0.2, 0.25) is 0 Å². The van der Waals surface area contributed by atoms with Gasteiger partial charge in [0.1, 0.15) is 11.6 Å². The van der Waals surface area contributed by atoms with Crippen molar-refractivity contribution in [2.75, 3.05) is 6.54 Å². The highest BCUT2D eigenvalue weighted by atomic mass is 16.1. The minimum atomic E-state index is -0.0585. The zero-order chi connectivity index (χ0) is 18.6. The first-order valence-corrected chi connectivity index (χ1v) is 9.50. The van der Waals surface area contributed by atoms with E-state index in [9.17, 15) is 4.79 Å². The third-order valence-electron chi connectivity index (χ3n) is 4.92. The molecule has 0 unspecified atom stereocenters. The van der Waals surface area contributed by atoms with Crippen LogP contribution < -0.4 is 5.56 Å². The Hall–Kier alpha value is -2.80. The molecular weight excluding hydrogens is 340 g/mol. The van der Waals surface area contributed by atoms with Gasteiger partial charge in [-0.2, -0.15) is 0 Å². The van der Waals surface area contributed by atoms with Crippen molar-refractivity contribution in [1.82, 2.24) is 29.8 Å². The van der Waals surface area contributed by atoms with E-state index < -0.39 is 0 Å². The molecule has 0 saturated heterocycles. The Morgan fingerprint density at radius 3 is 3.00 bits per heavy atom. The molecule has 0 aliphatic carbocycles. The number of hydrogen-bond acceptors (Lipinski definition) is 5. The molecule has 0 aromatic carbocycles. The molecule has 0 fully saturated rings. The second kappa shape index (κ2) is 7.84. The number of aryl methyl sites for hydroxylation is 1. The normalized spacial score (nSPS) is 14.3. The maximum atomic E-state index is 12.6. The first kappa shape index (κ1) is 17.6. The summed E-state index contributed by atoms with van der Waals surface area (Å²) in [5.41, 5.74) is 3.52. The van der Waals surface area contributed by atoms with E-state index in [4.69, 9.17) is 0 Å². The molecule has 1 aliphatic rings. The van der Waals surface area contributed by atoms with Gasteiger partial charge in [-0.25, -0.2) is 9.97 Å². The van der Waals surface area contributed by atoms with Gasteiger partial charge in [0.15, 0.2) is 0 Å². The molecule has 1 aliphatic heterocycles. The Morgan fingerprint density at radius 1 is 1.26 bits per heavy atom. The summed E-state index contributed by atoms with van der Waals surface area (Å²) in [6, 6.07) is 3.75. The van der Waals surface area contributed by atoms with Crippen LogP contribution in [-0.4, -0.2) is 36.4 Å². The molecule has 7 heteroatoms. The lowest BCUT2D eigenvalue weighted by Gasteiger charge is -2.27. The quantitative estimate of drug-likeness (QED) is 0.701. The van der Waals surface area contributed by atoms with Crippen LogP contribution in [0.2, 0.25) is 0 Å². The summed E-state index contributed by atoms with van der Waals surface area (Å²) in [5.74, 6) is 1.64. The summed E-state index contributed by atoms with van der Waals surface area (Å²) in [6.45, 7) is 4.43. The summed E-state index contributed by atoms with van der Waals surface area (Å²) in [4.78, 5) is 34.4.